The predicted molar refractivity (Wildman–Crippen MR) is 106 cm³/mol. The van der Waals surface area contributed by atoms with E-state index in [1.165, 1.54) is 15.3 Å². The van der Waals surface area contributed by atoms with Gasteiger partial charge in [-0.25, -0.2) is 8.42 Å². The zero-order valence-electron chi connectivity index (χ0n) is 15.9. The largest absolute Gasteiger partial charge is 0.223 e. The van der Waals surface area contributed by atoms with Crippen LogP contribution in [0.1, 0.15) is 48.6 Å². The van der Waals surface area contributed by atoms with Crippen molar-refractivity contribution in [2.45, 2.75) is 65.0 Å². The summed E-state index contributed by atoms with van der Waals surface area (Å²) in [6, 6.07) is 9.54. The van der Waals surface area contributed by atoms with Crippen LogP contribution in [0.2, 0.25) is 0 Å². The molecule has 134 valence electrons. The van der Waals surface area contributed by atoms with Crippen molar-refractivity contribution in [3.05, 3.63) is 51.2 Å². The molecule has 0 fully saturated rings. The fraction of sp³-hybridized carbons (Fsp3) is 0.500. The maximum absolute atomic E-state index is 12.1. The second kappa shape index (κ2) is 8.82. The van der Waals surface area contributed by atoms with Crippen molar-refractivity contribution in [3.8, 4) is 0 Å². The van der Waals surface area contributed by atoms with Crippen LogP contribution in [0.5, 0.6) is 0 Å². The monoisotopic (exact) mass is 366 g/mol. The summed E-state index contributed by atoms with van der Waals surface area (Å²) in [5.41, 5.74) is 2.36. The molecule has 0 aliphatic heterocycles. The second-order valence-electron chi connectivity index (χ2n) is 6.90. The first-order valence-corrected chi connectivity index (χ1v) is 10.8. The van der Waals surface area contributed by atoms with Gasteiger partial charge < -0.3 is 0 Å². The molecule has 2 rings (SSSR count). The summed E-state index contributed by atoms with van der Waals surface area (Å²) in [5.74, 6) is 0.462. The number of aryl methyl sites for hydroxylation is 3. The van der Waals surface area contributed by atoms with E-state index in [1.807, 2.05) is 23.5 Å². The number of benzene rings is 1. The Hall–Kier alpha value is -1.13. The van der Waals surface area contributed by atoms with Gasteiger partial charge in [0.05, 0.1) is 10.1 Å². The lowest BCUT2D eigenvalue weighted by Gasteiger charge is -2.14. The van der Waals surface area contributed by atoms with Crippen LogP contribution in [0.25, 0.3) is 0 Å². The summed E-state index contributed by atoms with van der Waals surface area (Å²) < 4.78 is 24.3. The first-order valence-electron chi connectivity index (χ1n) is 8.41. The van der Waals surface area contributed by atoms with Gasteiger partial charge in [-0.05, 0) is 70.2 Å². The Morgan fingerprint density at radius 1 is 1.00 bits per heavy atom. The van der Waals surface area contributed by atoms with Gasteiger partial charge in [-0.1, -0.05) is 32.0 Å². The van der Waals surface area contributed by atoms with E-state index in [9.17, 15) is 8.42 Å². The average Bonchev–Trinajstić information content (AvgIpc) is 2.75. The Labute approximate surface area is 151 Å². The molecule has 0 unspecified atom stereocenters. The minimum atomic E-state index is -3.15. The van der Waals surface area contributed by atoms with Gasteiger partial charge >= 0.3 is 0 Å². The van der Waals surface area contributed by atoms with Crippen LogP contribution in [-0.4, -0.2) is 13.7 Å². The molecule has 1 aromatic carbocycles. The van der Waals surface area contributed by atoms with Crippen LogP contribution in [0.4, 0.5) is 0 Å². The number of sulfone groups is 1. The van der Waals surface area contributed by atoms with Crippen LogP contribution in [0.15, 0.2) is 35.2 Å². The minimum Gasteiger partial charge on any atom is -0.223 e. The Kier molecular flexibility index (Phi) is 7.68. The van der Waals surface area contributed by atoms with Gasteiger partial charge in [0.25, 0.3) is 0 Å². The van der Waals surface area contributed by atoms with Gasteiger partial charge in [-0.2, -0.15) is 0 Å². The van der Waals surface area contributed by atoms with Gasteiger partial charge in [0.2, 0.25) is 0 Å². The molecule has 2 aromatic rings. The molecule has 0 radical (unpaired) electrons. The van der Waals surface area contributed by atoms with Gasteiger partial charge in [-0.3, -0.25) is 0 Å². The van der Waals surface area contributed by atoms with E-state index in [-0.39, 0.29) is 5.25 Å². The van der Waals surface area contributed by atoms with Gasteiger partial charge in [0.15, 0.2) is 9.84 Å². The van der Waals surface area contributed by atoms with E-state index in [2.05, 4.69) is 40.7 Å². The number of thiophene rings is 1. The first kappa shape index (κ1) is 20.9. The minimum absolute atomic E-state index is 0.360. The van der Waals surface area contributed by atoms with Crippen molar-refractivity contribution >= 4 is 21.2 Å². The zero-order valence-corrected chi connectivity index (χ0v) is 17.5. The third-order valence-corrected chi connectivity index (χ3v) is 7.14. The molecular weight excluding hydrogens is 336 g/mol. The second-order valence-corrected chi connectivity index (χ2v) is 10.8. The summed E-state index contributed by atoms with van der Waals surface area (Å²) in [4.78, 5) is 3.36. The maximum atomic E-state index is 12.1. The van der Waals surface area contributed by atoms with Gasteiger partial charge in [0, 0.05) is 9.75 Å². The van der Waals surface area contributed by atoms with Crippen molar-refractivity contribution in [2.75, 3.05) is 0 Å². The summed E-state index contributed by atoms with van der Waals surface area (Å²) >= 11 is 1.87. The summed E-state index contributed by atoms with van der Waals surface area (Å²) in [6.07, 6.45) is 0.808. The summed E-state index contributed by atoms with van der Waals surface area (Å²) in [6.45, 7) is 14.1. The van der Waals surface area contributed by atoms with E-state index >= 15 is 0 Å². The Morgan fingerprint density at radius 3 is 1.96 bits per heavy atom. The van der Waals surface area contributed by atoms with Crippen LogP contribution in [0, 0.1) is 26.7 Å². The van der Waals surface area contributed by atoms with Crippen molar-refractivity contribution in [1.82, 2.24) is 0 Å². The molecule has 0 atom stereocenters. The number of rotatable bonds is 4. The molecule has 4 heteroatoms. The third kappa shape index (κ3) is 5.75. The zero-order chi connectivity index (χ0) is 18.5. The molecule has 0 saturated carbocycles. The standard InChI is InChI=1S/C13H20O2S.C7H10S/c1-10(2)9-12-7-5-6-8-13(12)16(14,15)11(3)4;1-5-4-6(2)8-7(5)3/h5-8,10-11H,9H2,1-4H3;4H,1-3H3. The highest BCUT2D eigenvalue weighted by Crippen LogP contribution is 2.22. The fourth-order valence-corrected chi connectivity index (χ4v) is 4.63. The number of hydrogen-bond donors (Lipinski definition) is 0. The van der Waals surface area contributed by atoms with Gasteiger partial charge in [-0.15, -0.1) is 11.3 Å². The van der Waals surface area contributed by atoms with Crippen molar-refractivity contribution in [2.24, 2.45) is 5.92 Å². The Balaban J connectivity index is 0.000000300. The van der Waals surface area contributed by atoms with Crippen LogP contribution in [-0.2, 0) is 16.3 Å². The van der Waals surface area contributed by atoms with Crippen molar-refractivity contribution in [3.63, 3.8) is 0 Å². The highest BCUT2D eigenvalue weighted by atomic mass is 32.2. The van der Waals surface area contributed by atoms with Crippen molar-refractivity contribution in [1.29, 1.82) is 0 Å². The number of hydrogen-bond acceptors (Lipinski definition) is 3. The Morgan fingerprint density at radius 2 is 1.58 bits per heavy atom. The lowest BCUT2D eigenvalue weighted by Crippen LogP contribution is -2.16. The highest BCUT2D eigenvalue weighted by molar-refractivity contribution is 7.92. The third-order valence-electron chi connectivity index (χ3n) is 3.82. The SMILES string of the molecule is CC(C)Cc1ccccc1S(=O)(=O)C(C)C.Cc1cc(C)c(C)s1. The molecule has 0 aliphatic carbocycles. The molecule has 2 nitrogen and oxygen atoms in total. The Bertz CT molecular complexity index is 734. The van der Waals surface area contributed by atoms with Crippen LogP contribution >= 0.6 is 11.3 Å². The molecule has 0 bridgehead atoms. The van der Waals surface area contributed by atoms with Crippen LogP contribution < -0.4 is 0 Å². The van der Waals surface area contributed by atoms with Crippen LogP contribution in [0.3, 0.4) is 0 Å². The first-order chi connectivity index (χ1) is 11.1. The summed E-state index contributed by atoms with van der Waals surface area (Å²) in [5, 5.41) is -0.360. The lowest BCUT2D eigenvalue weighted by atomic mass is 10.0. The molecule has 0 aliphatic rings. The van der Waals surface area contributed by atoms with E-state index in [4.69, 9.17) is 0 Å². The fourth-order valence-electron chi connectivity index (χ4n) is 2.40. The van der Waals surface area contributed by atoms with E-state index in [0.29, 0.717) is 10.8 Å². The van der Waals surface area contributed by atoms with E-state index < -0.39 is 9.84 Å². The molecule has 0 spiro atoms. The van der Waals surface area contributed by atoms with E-state index in [1.54, 1.807) is 26.0 Å². The molecule has 0 N–H and O–H groups in total. The highest BCUT2D eigenvalue weighted by Gasteiger charge is 2.22. The predicted octanol–water partition coefficient (Wildman–Crippen LogP) is 5.74. The lowest BCUT2D eigenvalue weighted by molar-refractivity contribution is 0.582. The maximum Gasteiger partial charge on any atom is 0.180 e. The summed E-state index contributed by atoms with van der Waals surface area (Å²) in [7, 11) is -3.15. The molecule has 24 heavy (non-hydrogen) atoms. The quantitative estimate of drug-likeness (QED) is 0.691. The smallest absolute Gasteiger partial charge is 0.180 e. The normalized spacial score (nSPS) is 11.5. The van der Waals surface area contributed by atoms with E-state index in [0.717, 1.165) is 12.0 Å². The van der Waals surface area contributed by atoms with Gasteiger partial charge in [0.1, 0.15) is 0 Å². The van der Waals surface area contributed by atoms with Crippen molar-refractivity contribution < 1.29 is 8.42 Å². The molecular formula is C20H30O2S2. The molecule has 1 heterocycles. The molecule has 1 aromatic heterocycles. The molecule has 0 saturated heterocycles. The topological polar surface area (TPSA) is 34.1 Å². The molecule has 0 amide bonds. The average molecular weight is 367 g/mol.